The second kappa shape index (κ2) is 11.3. The lowest BCUT2D eigenvalue weighted by Gasteiger charge is -2.34. The van der Waals surface area contributed by atoms with Crippen molar-refractivity contribution in [3.8, 4) is 0 Å². The molecule has 1 spiro atoms. The van der Waals surface area contributed by atoms with Crippen molar-refractivity contribution in [1.29, 1.82) is 0 Å². The highest BCUT2D eigenvalue weighted by Gasteiger charge is 2.72. The van der Waals surface area contributed by atoms with E-state index in [-0.39, 0.29) is 23.8 Å². The van der Waals surface area contributed by atoms with E-state index in [1.807, 2.05) is 44.2 Å². The van der Waals surface area contributed by atoms with Gasteiger partial charge in [-0.3, -0.25) is 14.4 Å². The van der Waals surface area contributed by atoms with Gasteiger partial charge < -0.3 is 25.2 Å². The van der Waals surface area contributed by atoms with Crippen molar-refractivity contribution in [3.05, 3.63) is 41.5 Å². The van der Waals surface area contributed by atoms with E-state index in [0.717, 1.165) is 62.9 Å². The highest BCUT2D eigenvalue weighted by molar-refractivity contribution is 6.02. The van der Waals surface area contributed by atoms with Gasteiger partial charge in [-0.05, 0) is 88.8 Å². The Balaban J connectivity index is 1.24. The predicted octanol–water partition coefficient (Wildman–Crippen LogP) is 3.72. The summed E-state index contributed by atoms with van der Waals surface area (Å²) in [5.74, 6) is -1.86. The second-order valence-corrected chi connectivity index (χ2v) is 12.6. The highest BCUT2D eigenvalue weighted by Crippen LogP contribution is 2.55. The number of rotatable bonds is 8. The van der Waals surface area contributed by atoms with Crippen LogP contribution in [0.25, 0.3) is 0 Å². The third-order valence-electron chi connectivity index (χ3n) is 9.97. The minimum absolute atomic E-state index is 0.130. The number of ether oxygens (including phenoxy) is 1. The first-order valence-electron chi connectivity index (χ1n) is 15.5. The van der Waals surface area contributed by atoms with Crippen LogP contribution in [-0.4, -0.2) is 77.5 Å². The van der Waals surface area contributed by atoms with Crippen molar-refractivity contribution in [2.75, 3.05) is 31.5 Å². The quantitative estimate of drug-likeness (QED) is 0.484. The molecule has 4 aliphatic heterocycles. The van der Waals surface area contributed by atoms with Crippen LogP contribution >= 0.6 is 0 Å². The van der Waals surface area contributed by atoms with E-state index in [0.29, 0.717) is 12.2 Å². The van der Waals surface area contributed by atoms with Crippen LogP contribution in [0, 0.1) is 25.7 Å². The summed E-state index contributed by atoms with van der Waals surface area (Å²) in [5, 5.41) is 6.33. The molecular formula is C32H44N4O4. The number of nitrogens with zero attached hydrogens (tertiary/aromatic N) is 2. The molecule has 8 heteroatoms. The fourth-order valence-electron chi connectivity index (χ4n) is 7.73. The van der Waals surface area contributed by atoms with E-state index in [2.05, 4.69) is 15.5 Å². The zero-order chi connectivity index (χ0) is 27.9. The topological polar surface area (TPSA) is 91.0 Å². The van der Waals surface area contributed by atoms with Crippen LogP contribution in [0.5, 0.6) is 0 Å². The molecule has 5 aliphatic rings. The van der Waals surface area contributed by atoms with Crippen molar-refractivity contribution in [2.45, 2.75) is 95.4 Å². The average Bonchev–Trinajstić information content (AvgIpc) is 3.59. The summed E-state index contributed by atoms with van der Waals surface area (Å²) < 4.78 is 6.51. The van der Waals surface area contributed by atoms with Crippen LogP contribution in [0.3, 0.4) is 0 Å². The summed E-state index contributed by atoms with van der Waals surface area (Å²) in [5.41, 5.74) is 1.86. The molecule has 4 heterocycles. The number of carbonyl (C=O) groups is 3. The van der Waals surface area contributed by atoms with Crippen LogP contribution in [0.2, 0.25) is 0 Å². The Kier molecular flexibility index (Phi) is 7.75. The average molecular weight is 549 g/mol. The number of amides is 3. The molecule has 1 saturated carbocycles. The number of anilines is 1. The Hall–Kier alpha value is -2.71. The zero-order valence-electron chi connectivity index (χ0n) is 24.0. The van der Waals surface area contributed by atoms with Gasteiger partial charge in [-0.2, -0.15) is 0 Å². The van der Waals surface area contributed by atoms with E-state index >= 15 is 0 Å². The number of hydrogen-bond acceptors (Lipinski definition) is 5. The van der Waals surface area contributed by atoms with E-state index in [9.17, 15) is 14.4 Å². The van der Waals surface area contributed by atoms with Gasteiger partial charge >= 0.3 is 0 Å². The monoisotopic (exact) mass is 548 g/mol. The van der Waals surface area contributed by atoms with E-state index in [4.69, 9.17) is 4.74 Å². The molecule has 3 amide bonds. The molecule has 0 aromatic heterocycles. The van der Waals surface area contributed by atoms with Gasteiger partial charge in [0.15, 0.2) is 0 Å². The zero-order valence-corrected chi connectivity index (χ0v) is 24.0. The first-order valence-corrected chi connectivity index (χ1v) is 15.5. The number of aryl methyl sites for hydroxylation is 2. The molecular weight excluding hydrogens is 504 g/mol. The second-order valence-electron chi connectivity index (χ2n) is 12.6. The smallest absolute Gasteiger partial charge is 0.246 e. The summed E-state index contributed by atoms with van der Waals surface area (Å²) in [6.45, 7) is 7.65. The molecule has 1 aromatic carbocycles. The fraction of sp³-hybridized carbons (Fsp3) is 0.656. The Morgan fingerprint density at radius 2 is 1.73 bits per heavy atom. The largest absolute Gasteiger partial charge is 0.359 e. The van der Waals surface area contributed by atoms with Gasteiger partial charge in [-0.15, -0.1) is 0 Å². The SMILES string of the molecule is Cc1ccc(NC(=O)[C@H]2[C@@H]3C=C[C@]4(O3)[C@@H]2C(=O)N(CCCN2CCCCC2)[C@H]4C(=O)NC2CCCCC2)cc1C. The summed E-state index contributed by atoms with van der Waals surface area (Å²) in [7, 11) is 0. The van der Waals surface area contributed by atoms with E-state index in [1.165, 1.54) is 25.7 Å². The summed E-state index contributed by atoms with van der Waals surface area (Å²) >= 11 is 0. The Morgan fingerprint density at radius 1 is 0.975 bits per heavy atom. The lowest BCUT2D eigenvalue weighted by molar-refractivity contribution is -0.141. The number of nitrogens with one attached hydrogen (secondary N) is 2. The molecule has 5 atom stereocenters. The normalized spacial score (nSPS) is 31.9. The lowest BCUT2D eigenvalue weighted by Crippen LogP contribution is -2.56. The van der Waals surface area contributed by atoms with Gasteiger partial charge in [0.25, 0.3) is 0 Å². The van der Waals surface area contributed by atoms with Crippen LogP contribution in [-0.2, 0) is 19.1 Å². The molecule has 3 saturated heterocycles. The maximum Gasteiger partial charge on any atom is 0.246 e. The van der Waals surface area contributed by atoms with Gasteiger partial charge in [0.1, 0.15) is 11.6 Å². The summed E-state index contributed by atoms with van der Waals surface area (Å²) in [6, 6.07) is 5.21. The lowest BCUT2D eigenvalue weighted by atomic mass is 9.74. The standard InChI is InChI=1S/C32H44N4O4/c1-21-12-13-24(20-22(21)2)34-29(37)26-25-14-15-32(40-25)27(26)31(39)36(19-9-18-35-16-7-4-8-17-35)28(32)30(38)33-23-10-5-3-6-11-23/h12-15,20,23,25-28H,3-11,16-19H2,1-2H3,(H,33,38)(H,34,37)/t25-,26-,27-,28-,32-/m0/s1. The maximum atomic E-state index is 14.2. The van der Waals surface area contributed by atoms with Gasteiger partial charge in [0, 0.05) is 18.3 Å². The van der Waals surface area contributed by atoms with Crippen LogP contribution in [0.15, 0.2) is 30.4 Å². The van der Waals surface area contributed by atoms with Crippen molar-refractivity contribution < 1.29 is 19.1 Å². The van der Waals surface area contributed by atoms with Crippen LogP contribution in [0.4, 0.5) is 5.69 Å². The van der Waals surface area contributed by atoms with Crippen molar-refractivity contribution in [1.82, 2.24) is 15.1 Å². The first-order chi connectivity index (χ1) is 19.4. The number of piperidine rings is 1. The van der Waals surface area contributed by atoms with Gasteiger partial charge in [0.05, 0.1) is 17.9 Å². The third kappa shape index (κ3) is 4.98. The fourth-order valence-corrected chi connectivity index (χ4v) is 7.73. The Labute approximate surface area is 237 Å². The van der Waals surface area contributed by atoms with E-state index in [1.54, 1.807) is 4.90 Å². The van der Waals surface area contributed by atoms with Crippen LogP contribution < -0.4 is 10.6 Å². The molecule has 0 radical (unpaired) electrons. The van der Waals surface area contributed by atoms with Crippen molar-refractivity contribution >= 4 is 23.4 Å². The van der Waals surface area contributed by atoms with Crippen molar-refractivity contribution in [3.63, 3.8) is 0 Å². The highest BCUT2D eigenvalue weighted by atomic mass is 16.5. The Bertz CT molecular complexity index is 1170. The summed E-state index contributed by atoms with van der Waals surface area (Å²) in [4.78, 5) is 46.0. The number of fused-ring (bicyclic) bond motifs is 1. The molecule has 8 nitrogen and oxygen atoms in total. The molecule has 2 bridgehead atoms. The minimum atomic E-state index is -1.10. The molecule has 0 unspecified atom stereocenters. The third-order valence-corrected chi connectivity index (χ3v) is 9.97. The van der Waals surface area contributed by atoms with E-state index < -0.39 is 29.6 Å². The molecule has 40 heavy (non-hydrogen) atoms. The van der Waals surface area contributed by atoms with Crippen molar-refractivity contribution in [2.24, 2.45) is 11.8 Å². The number of likely N-dealkylation sites (tertiary alicyclic amines) is 2. The molecule has 1 aromatic rings. The summed E-state index contributed by atoms with van der Waals surface area (Å²) in [6.07, 6.45) is 13.2. The number of hydrogen-bond donors (Lipinski definition) is 2. The van der Waals surface area contributed by atoms with Crippen LogP contribution in [0.1, 0.15) is 68.9 Å². The molecule has 2 N–H and O–H groups in total. The molecule has 1 aliphatic carbocycles. The predicted molar refractivity (Wildman–Crippen MR) is 154 cm³/mol. The maximum absolute atomic E-state index is 14.2. The Morgan fingerprint density at radius 3 is 2.48 bits per heavy atom. The minimum Gasteiger partial charge on any atom is -0.359 e. The molecule has 216 valence electrons. The van der Waals surface area contributed by atoms with Gasteiger partial charge in [0.2, 0.25) is 17.7 Å². The molecule has 6 rings (SSSR count). The first kappa shape index (κ1) is 27.5. The molecule has 4 fully saturated rings. The number of carbonyl (C=O) groups excluding carboxylic acids is 3. The number of benzene rings is 1. The van der Waals surface area contributed by atoms with Gasteiger partial charge in [-0.25, -0.2) is 0 Å². The van der Waals surface area contributed by atoms with Gasteiger partial charge in [-0.1, -0.05) is 43.9 Å².